The molecule has 190 valence electrons. The van der Waals surface area contributed by atoms with E-state index < -0.39 is 16.0 Å². The summed E-state index contributed by atoms with van der Waals surface area (Å²) in [4.78, 5) is 15.8. The first-order valence-electron chi connectivity index (χ1n) is 11.8. The van der Waals surface area contributed by atoms with Crippen molar-refractivity contribution in [3.8, 4) is 17.2 Å². The molecule has 0 saturated heterocycles. The minimum atomic E-state index is -3.37. The number of nitrogens with zero attached hydrogens (tertiary/aromatic N) is 2. The molecular formula is C27H30N2O6S. The van der Waals surface area contributed by atoms with Crippen LogP contribution in [0, 0.1) is 0 Å². The summed E-state index contributed by atoms with van der Waals surface area (Å²) in [6, 6.07) is 13.4. The summed E-state index contributed by atoms with van der Waals surface area (Å²) in [6.07, 6.45) is 2.50. The third-order valence-electron chi connectivity index (χ3n) is 6.21. The molecule has 1 aliphatic rings. The lowest BCUT2D eigenvalue weighted by molar-refractivity contribution is -0.136. The van der Waals surface area contributed by atoms with Gasteiger partial charge in [0.2, 0.25) is 15.9 Å². The van der Waals surface area contributed by atoms with Crippen molar-refractivity contribution < 1.29 is 27.5 Å². The highest BCUT2D eigenvalue weighted by atomic mass is 32.2. The van der Waals surface area contributed by atoms with E-state index in [0.29, 0.717) is 49.8 Å². The summed E-state index contributed by atoms with van der Waals surface area (Å²) in [5.74, 6) is 0.966. The van der Waals surface area contributed by atoms with E-state index in [-0.39, 0.29) is 13.0 Å². The number of oxazole rings is 1. The lowest BCUT2D eigenvalue weighted by Gasteiger charge is -2.30. The Hall–Kier alpha value is -3.43. The number of aliphatic carboxylic acids is 1. The molecule has 0 radical (unpaired) electrons. The maximum absolute atomic E-state index is 12.2. The molecule has 0 atom stereocenters. The smallest absolute Gasteiger partial charge is 0.303 e. The number of hydrogen-bond donors (Lipinski definition) is 1. The second kappa shape index (κ2) is 10.7. The first-order valence-corrected chi connectivity index (χ1v) is 13.6. The summed E-state index contributed by atoms with van der Waals surface area (Å²) in [6.45, 7) is 6.80. The highest BCUT2D eigenvalue weighted by molar-refractivity contribution is 7.88. The normalized spacial score (nSPS) is 13.8. The van der Waals surface area contributed by atoms with Gasteiger partial charge in [-0.1, -0.05) is 30.8 Å². The number of carboxylic acids is 1. The molecule has 0 amide bonds. The summed E-state index contributed by atoms with van der Waals surface area (Å²) >= 11 is 0. The number of aryl methyl sites for hydroxylation is 1. The van der Waals surface area contributed by atoms with Gasteiger partial charge in [-0.15, -0.1) is 0 Å². The highest BCUT2D eigenvalue weighted by Gasteiger charge is 2.27. The van der Waals surface area contributed by atoms with Crippen LogP contribution in [0.3, 0.4) is 0 Å². The van der Waals surface area contributed by atoms with Gasteiger partial charge in [0.05, 0.1) is 18.6 Å². The van der Waals surface area contributed by atoms with Crippen LogP contribution in [0.4, 0.5) is 0 Å². The highest BCUT2D eigenvalue weighted by Crippen LogP contribution is 2.33. The second-order valence-corrected chi connectivity index (χ2v) is 10.9. The van der Waals surface area contributed by atoms with Gasteiger partial charge in [-0.2, -0.15) is 4.31 Å². The molecule has 1 aromatic heterocycles. The number of ether oxygens (including phenoxy) is 1. The Kier molecular flexibility index (Phi) is 7.61. The van der Waals surface area contributed by atoms with Crippen molar-refractivity contribution >= 4 is 21.6 Å². The number of aromatic nitrogens is 1. The quantitative estimate of drug-likeness (QED) is 0.432. The number of carboxylic acid groups (broad SMARTS) is 1. The largest absolute Gasteiger partial charge is 0.493 e. The molecule has 1 N–H and O–H groups in total. The standard InChI is InChI=1S/C27H30N2O6S/c1-18(2)26-23(28-27(35-26)20-7-5-4-6-8-20)14-16-34-24-11-9-19(10-12-25(30)31)22-17-29(36(3,32)33)15-13-21(22)24/h4-9,11H,1,10,12-17H2,2-3H3,(H,30,31). The number of benzene rings is 2. The van der Waals surface area contributed by atoms with Crippen LogP contribution in [0.15, 0.2) is 53.5 Å². The first-order chi connectivity index (χ1) is 17.1. The fourth-order valence-electron chi connectivity index (χ4n) is 4.39. The average Bonchev–Trinajstić information content (AvgIpc) is 3.27. The van der Waals surface area contributed by atoms with Gasteiger partial charge < -0.3 is 14.3 Å². The van der Waals surface area contributed by atoms with E-state index in [1.54, 1.807) is 0 Å². The Labute approximate surface area is 211 Å². The summed E-state index contributed by atoms with van der Waals surface area (Å²) in [5.41, 5.74) is 5.02. The number of carbonyl (C=O) groups is 1. The van der Waals surface area contributed by atoms with Gasteiger partial charge >= 0.3 is 5.97 Å². The van der Waals surface area contributed by atoms with Gasteiger partial charge in [0.15, 0.2) is 5.76 Å². The van der Waals surface area contributed by atoms with Crippen LogP contribution in [0.25, 0.3) is 17.0 Å². The number of allylic oxidation sites excluding steroid dienone is 1. The van der Waals surface area contributed by atoms with Gasteiger partial charge in [-0.25, -0.2) is 13.4 Å². The van der Waals surface area contributed by atoms with Crippen molar-refractivity contribution in [2.24, 2.45) is 0 Å². The number of rotatable bonds is 10. The van der Waals surface area contributed by atoms with E-state index in [1.165, 1.54) is 10.6 Å². The van der Waals surface area contributed by atoms with Crippen molar-refractivity contribution in [1.82, 2.24) is 9.29 Å². The first kappa shape index (κ1) is 25.7. The molecular weight excluding hydrogens is 480 g/mol. The summed E-state index contributed by atoms with van der Waals surface area (Å²) in [7, 11) is -3.37. The van der Waals surface area contributed by atoms with Crippen LogP contribution >= 0.6 is 0 Å². The van der Waals surface area contributed by atoms with E-state index in [4.69, 9.17) is 14.3 Å². The summed E-state index contributed by atoms with van der Waals surface area (Å²) in [5, 5.41) is 9.12. The molecule has 4 rings (SSSR count). The van der Waals surface area contributed by atoms with Gasteiger partial charge in [0.1, 0.15) is 5.75 Å². The SMILES string of the molecule is C=C(C)c1oc(-c2ccccc2)nc1CCOc1ccc(CCC(=O)O)c2c1CCN(S(C)(=O)=O)C2. The zero-order valence-corrected chi connectivity index (χ0v) is 21.3. The minimum absolute atomic E-state index is 0.0227. The Morgan fingerprint density at radius 3 is 2.58 bits per heavy atom. The molecule has 0 aliphatic carbocycles. The van der Waals surface area contributed by atoms with E-state index in [1.807, 2.05) is 49.4 Å². The molecule has 0 fully saturated rings. The van der Waals surface area contributed by atoms with Crippen molar-refractivity contribution in [2.75, 3.05) is 19.4 Å². The van der Waals surface area contributed by atoms with E-state index in [2.05, 4.69) is 11.6 Å². The van der Waals surface area contributed by atoms with Crippen molar-refractivity contribution in [3.05, 3.63) is 77.2 Å². The molecule has 0 saturated carbocycles. The van der Waals surface area contributed by atoms with Crippen molar-refractivity contribution in [2.45, 2.75) is 39.2 Å². The molecule has 2 aromatic carbocycles. The third-order valence-corrected chi connectivity index (χ3v) is 7.46. The topological polar surface area (TPSA) is 110 Å². The molecule has 1 aliphatic heterocycles. The molecule has 9 heteroatoms. The molecule has 36 heavy (non-hydrogen) atoms. The van der Waals surface area contributed by atoms with Crippen LogP contribution < -0.4 is 4.74 Å². The fourth-order valence-corrected chi connectivity index (χ4v) is 5.18. The molecule has 8 nitrogen and oxygen atoms in total. The van der Waals surface area contributed by atoms with Crippen LogP contribution in [-0.4, -0.2) is 48.2 Å². The second-order valence-electron chi connectivity index (χ2n) is 8.96. The third kappa shape index (κ3) is 5.85. The Balaban J connectivity index is 1.55. The molecule has 0 unspecified atom stereocenters. The van der Waals surface area contributed by atoms with Crippen molar-refractivity contribution in [3.63, 3.8) is 0 Å². The maximum Gasteiger partial charge on any atom is 0.303 e. The summed E-state index contributed by atoms with van der Waals surface area (Å²) < 4.78 is 37.9. The predicted molar refractivity (Wildman–Crippen MR) is 137 cm³/mol. The maximum atomic E-state index is 12.2. The number of sulfonamides is 1. The van der Waals surface area contributed by atoms with E-state index >= 15 is 0 Å². The average molecular weight is 511 g/mol. The van der Waals surface area contributed by atoms with Crippen LogP contribution in [0.5, 0.6) is 5.75 Å². The molecule has 3 aromatic rings. The van der Waals surface area contributed by atoms with Gasteiger partial charge in [-0.05, 0) is 54.7 Å². The number of fused-ring (bicyclic) bond motifs is 1. The monoisotopic (exact) mass is 510 g/mol. The zero-order chi connectivity index (χ0) is 25.9. The van der Waals surface area contributed by atoms with Crippen LogP contribution in [0.2, 0.25) is 0 Å². The van der Waals surface area contributed by atoms with Gasteiger partial charge in [0, 0.05) is 37.1 Å². The molecule has 0 bridgehead atoms. The van der Waals surface area contributed by atoms with Gasteiger partial charge in [-0.3, -0.25) is 4.79 Å². The van der Waals surface area contributed by atoms with Crippen LogP contribution in [-0.2, 0) is 40.6 Å². The van der Waals surface area contributed by atoms with E-state index in [0.717, 1.165) is 33.5 Å². The van der Waals surface area contributed by atoms with Gasteiger partial charge in [0.25, 0.3) is 0 Å². The van der Waals surface area contributed by atoms with Crippen LogP contribution in [0.1, 0.15) is 41.5 Å². The van der Waals surface area contributed by atoms with E-state index in [9.17, 15) is 13.2 Å². The number of hydrogen-bond acceptors (Lipinski definition) is 6. The molecule has 2 heterocycles. The Morgan fingerprint density at radius 2 is 1.92 bits per heavy atom. The molecule has 0 spiro atoms. The lowest BCUT2D eigenvalue weighted by atomic mass is 9.92. The Bertz CT molecular complexity index is 1380. The zero-order valence-electron chi connectivity index (χ0n) is 20.5. The Morgan fingerprint density at radius 1 is 1.17 bits per heavy atom. The lowest BCUT2D eigenvalue weighted by Crippen LogP contribution is -2.36. The fraction of sp³-hybridized carbons (Fsp3) is 0.333. The minimum Gasteiger partial charge on any atom is -0.493 e. The predicted octanol–water partition coefficient (Wildman–Crippen LogP) is 4.33. The van der Waals surface area contributed by atoms with Crippen molar-refractivity contribution in [1.29, 1.82) is 0 Å².